The van der Waals surface area contributed by atoms with E-state index in [4.69, 9.17) is 23.8 Å². The molecule has 0 spiro atoms. The van der Waals surface area contributed by atoms with Crippen molar-refractivity contribution in [3.63, 3.8) is 0 Å². The molecule has 0 aliphatic heterocycles. The van der Waals surface area contributed by atoms with Gasteiger partial charge in [0.1, 0.15) is 12.7 Å². The monoisotopic (exact) mass is 938 g/mol. The summed E-state index contributed by atoms with van der Waals surface area (Å²) in [6.45, 7) is 1.35. The third-order valence-corrected chi connectivity index (χ3v) is 9.85. The first-order chi connectivity index (χ1) is 30.8. The quantitative estimate of drug-likeness (QED) is 0.0127. The number of rotatable bonds is 40. The molecule has 16 heteroatoms. The van der Waals surface area contributed by atoms with Crippen LogP contribution < -0.4 is 0 Å². The molecule has 0 aliphatic carbocycles. The molecule has 0 saturated heterocycles. The van der Waals surface area contributed by atoms with Crippen LogP contribution in [0.2, 0.25) is 0 Å². The van der Waals surface area contributed by atoms with Gasteiger partial charge in [-0.1, -0.05) is 148 Å². The van der Waals surface area contributed by atoms with Gasteiger partial charge in [-0.15, -0.1) is 0 Å². The SMILES string of the molecule is CC/C=C\C/C=C\C/C=C\C/C=C\C/C=C\C/C=C\CCC(=O)O[C@H](COC(=O)CCC/C=C/C/C=C\C[C@H](O)/C=C\C=C/CCCCC)COP(=O)(O)OC[C@@H](O)COP(=O)(O)O. The van der Waals surface area contributed by atoms with Gasteiger partial charge >= 0.3 is 27.6 Å². The topological polar surface area (TPSA) is 216 Å². The number of aliphatic hydroxyl groups is 2. The van der Waals surface area contributed by atoms with Crippen LogP contribution >= 0.6 is 15.6 Å². The summed E-state index contributed by atoms with van der Waals surface area (Å²) in [5.41, 5.74) is 0. The fraction of sp³-hybridized carbons (Fsp3) is 0.542. The van der Waals surface area contributed by atoms with Crippen molar-refractivity contribution in [2.24, 2.45) is 0 Å². The number of phosphoric ester groups is 2. The van der Waals surface area contributed by atoms with E-state index in [1.54, 1.807) is 6.08 Å². The van der Waals surface area contributed by atoms with Crippen molar-refractivity contribution in [2.45, 2.75) is 141 Å². The van der Waals surface area contributed by atoms with Crippen molar-refractivity contribution in [1.29, 1.82) is 0 Å². The number of hydrogen-bond donors (Lipinski definition) is 5. The van der Waals surface area contributed by atoms with E-state index < -0.39 is 72.3 Å². The highest BCUT2D eigenvalue weighted by Crippen LogP contribution is 2.43. The Morgan fingerprint density at radius 2 is 1.05 bits per heavy atom. The molecular weight excluding hydrogens is 862 g/mol. The fourth-order valence-electron chi connectivity index (χ4n) is 5.03. The summed E-state index contributed by atoms with van der Waals surface area (Å²) < 4.78 is 47.6. The third-order valence-electron chi connectivity index (χ3n) is 8.42. The maximum atomic E-state index is 12.6. The van der Waals surface area contributed by atoms with Crippen LogP contribution in [0.5, 0.6) is 0 Å². The Bertz CT molecular complexity index is 1600. The van der Waals surface area contributed by atoms with E-state index in [1.165, 1.54) is 19.3 Å². The number of allylic oxidation sites excluding steroid dienone is 18. The van der Waals surface area contributed by atoms with Crippen molar-refractivity contribution in [2.75, 3.05) is 26.4 Å². The minimum absolute atomic E-state index is 0.0261. The Morgan fingerprint density at radius 3 is 1.62 bits per heavy atom. The van der Waals surface area contributed by atoms with Gasteiger partial charge in [0.05, 0.1) is 25.9 Å². The molecule has 0 bridgehead atoms. The lowest BCUT2D eigenvalue weighted by Gasteiger charge is -2.20. The lowest BCUT2D eigenvalue weighted by atomic mass is 10.2. The van der Waals surface area contributed by atoms with Gasteiger partial charge in [-0.25, -0.2) is 9.13 Å². The third kappa shape index (κ3) is 45.1. The normalized spacial score (nSPS) is 15.5. The summed E-state index contributed by atoms with van der Waals surface area (Å²) in [5.74, 6) is -1.25. The van der Waals surface area contributed by atoms with Gasteiger partial charge in [0.15, 0.2) is 6.10 Å². The smallest absolute Gasteiger partial charge is 0.462 e. The minimum atomic E-state index is -4.89. The van der Waals surface area contributed by atoms with E-state index in [-0.39, 0.29) is 12.8 Å². The summed E-state index contributed by atoms with van der Waals surface area (Å²) in [4.78, 5) is 52.7. The van der Waals surface area contributed by atoms with Crippen molar-refractivity contribution in [3.05, 3.63) is 122 Å². The summed E-state index contributed by atoms with van der Waals surface area (Å²) in [6.07, 6.45) is 49.5. The van der Waals surface area contributed by atoms with Gasteiger partial charge < -0.3 is 34.4 Å². The molecule has 1 unspecified atom stereocenters. The lowest BCUT2D eigenvalue weighted by molar-refractivity contribution is -0.161. The molecule has 0 aromatic heterocycles. The van der Waals surface area contributed by atoms with Gasteiger partial charge in [-0.3, -0.25) is 23.2 Å². The molecule has 0 aromatic rings. The van der Waals surface area contributed by atoms with E-state index in [0.717, 1.165) is 38.5 Å². The summed E-state index contributed by atoms with van der Waals surface area (Å²) >= 11 is 0. The predicted octanol–water partition coefficient (Wildman–Crippen LogP) is 10.6. The van der Waals surface area contributed by atoms with E-state index in [2.05, 4.69) is 83.7 Å². The molecule has 0 amide bonds. The van der Waals surface area contributed by atoms with Crippen molar-refractivity contribution in [1.82, 2.24) is 0 Å². The van der Waals surface area contributed by atoms with Crippen LogP contribution in [0.25, 0.3) is 0 Å². The first kappa shape index (κ1) is 60.5. The van der Waals surface area contributed by atoms with Gasteiger partial charge in [0, 0.05) is 12.8 Å². The van der Waals surface area contributed by atoms with Crippen molar-refractivity contribution >= 4 is 27.6 Å². The van der Waals surface area contributed by atoms with E-state index in [0.29, 0.717) is 38.5 Å². The van der Waals surface area contributed by atoms with Gasteiger partial charge in [0.2, 0.25) is 0 Å². The van der Waals surface area contributed by atoms with Crippen LogP contribution in [-0.4, -0.2) is 81.6 Å². The van der Waals surface area contributed by atoms with Crippen LogP contribution in [0, 0.1) is 0 Å². The molecule has 362 valence electrons. The average Bonchev–Trinajstić information content (AvgIpc) is 3.25. The second-order valence-electron chi connectivity index (χ2n) is 14.4. The largest absolute Gasteiger partial charge is 0.472 e. The van der Waals surface area contributed by atoms with Crippen molar-refractivity contribution < 1.29 is 66.7 Å². The summed E-state index contributed by atoms with van der Waals surface area (Å²) in [6, 6.07) is 0. The van der Waals surface area contributed by atoms with Crippen LogP contribution in [0.3, 0.4) is 0 Å². The number of carbonyl (C=O) groups excluding carboxylic acids is 2. The fourth-order valence-corrected chi connectivity index (χ4v) is 6.19. The van der Waals surface area contributed by atoms with Gasteiger partial charge in [-0.05, 0) is 83.5 Å². The average molecular weight is 939 g/mol. The summed E-state index contributed by atoms with van der Waals surface area (Å²) in [7, 11) is -9.76. The zero-order valence-corrected chi connectivity index (χ0v) is 39.7. The second-order valence-corrected chi connectivity index (χ2v) is 17.1. The summed E-state index contributed by atoms with van der Waals surface area (Å²) in [5, 5.41) is 19.8. The molecule has 5 N–H and O–H groups in total. The second kappa shape index (κ2) is 42.1. The van der Waals surface area contributed by atoms with Crippen LogP contribution in [0.15, 0.2) is 122 Å². The van der Waals surface area contributed by atoms with E-state index >= 15 is 0 Å². The Balaban J connectivity index is 4.80. The van der Waals surface area contributed by atoms with Gasteiger partial charge in [0.25, 0.3) is 0 Å². The molecule has 0 heterocycles. The van der Waals surface area contributed by atoms with E-state index in [9.17, 15) is 33.8 Å². The van der Waals surface area contributed by atoms with Gasteiger partial charge in [-0.2, -0.15) is 0 Å². The molecule has 0 fully saturated rings. The number of esters is 2. The number of hydrogen-bond acceptors (Lipinski definition) is 11. The maximum absolute atomic E-state index is 12.6. The number of aliphatic hydroxyl groups excluding tert-OH is 2. The number of unbranched alkanes of at least 4 members (excludes halogenated alkanes) is 4. The Labute approximate surface area is 382 Å². The Hall–Kier alpha value is -3.52. The highest BCUT2D eigenvalue weighted by molar-refractivity contribution is 7.47. The molecule has 0 saturated carbocycles. The first-order valence-electron chi connectivity index (χ1n) is 22.3. The zero-order valence-electron chi connectivity index (χ0n) is 37.9. The minimum Gasteiger partial charge on any atom is -0.462 e. The maximum Gasteiger partial charge on any atom is 0.472 e. The molecule has 4 atom stereocenters. The Morgan fingerprint density at radius 1 is 0.531 bits per heavy atom. The van der Waals surface area contributed by atoms with Crippen LogP contribution in [0.4, 0.5) is 0 Å². The highest BCUT2D eigenvalue weighted by atomic mass is 31.2. The lowest BCUT2D eigenvalue weighted by Crippen LogP contribution is -2.29. The molecule has 64 heavy (non-hydrogen) atoms. The molecule has 0 aromatic carbocycles. The Kier molecular flexibility index (Phi) is 39.8. The zero-order chi connectivity index (χ0) is 47.4. The molecule has 14 nitrogen and oxygen atoms in total. The first-order valence-corrected chi connectivity index (χ1v) is 25.4. The molecular formula is C48H76O14P2. The number of ether oxygens (including phenoxy) is 2. The van der Waals surface area contributed by atoms with Crippen molar-refractivity contribution in [3.8, 4) is 0 Å². The highest BCUT2D eigenvalue weighted by Gasteiger charge is 2.28. The number of carbonyl (C=O) groups is 2. The number of phosphoric acid groups is 2. The standard InChI is InChI=1S/C48H76O14P2/c1-3-5-7-9-11-12-13-14-15-16-17-18-19-20-21-22-26-31-35-39-48(52)62-46(43-61-64(56,57)60-41-45(50)40-59-63(53,54)55)42-58-47(51)38-34-30-27-23-25-29-33-37-44(49)36-32-28-24-10-8-6-4-2/h5,7,11-12,14-15,17-18,20-21,23-24,26-29,31-33,36,44-46,49-50H,3-4,6,8-10,13,16,19,22,25,30,34-35,37-43H2,1-2H3,(H,56,57)(H2,53,54,55)/b7-5-,12-11-,15-14-,18-17-,21-20-,27-23+,28-24-,31-26-,33-29-,36-32-/t44-,45+,46-/m1/s1. The molecule has 0 radical (unpaired) electrons. The predicted molar refractivity (Wildman–Crippen MR) is 254 cm³/mol. The van der Waals surface area contributed by atoms with Crippen LogP contribution in [0.1, 0.15) is 123 Å². The molecule has 0 rings (SSSR count). The molecule has 0 aliphatic rings. The van der Waals surface area contributed by atoms with Crippen LogP contribution in [-0.2, 0) is 41.8 Å². The van der Waals surface area contributed by atoms with E-state index in [1.807, 2.05) is 54.7 Å².